The van der Waals surface area contributed by atoms with E-state index in [1.165, 1.54) is 5.75 Å². The van der Waals surface area contributed by atoms with Gasteiger partial charge < -0.3 is 4.98 Å². The molecule has 1 N–H and O–H groups in total. The molecule has 19 heavy (non-hydrogen) atoms. The molecule has 0 bridgehead atoms. The third kappa shape index (κ3) is 3.57. The predicted octanol–water partition coefficient (Wildman–Crippen LogP) is 3.37. The molecule has 2 heterocycles. The smallest absolute Gasteiger partial charge is 0.251 e. The number of hydrogen-bond donors (Lipinski definition) is 1. The third-order valence-corrected chi connectivity index (χ3v) is 6.51. The normalized spacial score (nSPS) is 24.4. The molecule has 1 aliphatic rings. The van der Waals surface area contributed by atoms with Crippen LogP contribution in [0, 0.1) is 0 Å². The van der Waals surface area contributed by atoms with Crippen molar-refractivity contribution in [3.63, 3.8) is 0 Å². The van der Waals surface area contributed by atoms with Crippen LogP contribution in [0.15, 0.2) is 10.9 Å². The van der Waals surface area contributed by atoms with Crippen LogP contribution in [0.3, 0.4) is 0 Å². The van der Waals surface area contributed by atoms with E-state index in [4.69, 9.17) is 4.98 Å². The summed E-state index contributed by atoms with van der Waals surface area (Å²) in [6.07, 6.45) is 1.12. The summed E-state index contributed by atoms with van der Waals surface area (Å²) in [5.74, 6) is 3.19. The second-order valence-electron chi connectivity index (χ2n) is 5.87. The van der Waals surface area contributed by atoms with Crippen LogP contribution in [0.25, 0.3) is 0 Å². The number of thioether (sulfide) groups is 2. The number of aromatic nitrogens is 2. The molecule has 0 spiro atoms. The third-order valence-electron chi connectivity index (χ3n) is 3.25. The summed E-state index contributed by atoms with van der Waals surface area (Å²) in [6.45, 7) is 8.50. The maximum absolute atomic E-state index is 11.9. The maximum Gasteiger partial charge on any atom is 0.251 e. The summed E-state index contributed by atoms with van der Waals surface area (Å²) >= 11 is 3.93. The first-order valence-electron chi connectivity index (χ1n) is 6.76. The van der Waals surface area contributed by atoms with E-state index in [0.717, 1.165) is 23.7 Å². The number of aromatic amines is 1. The Bertz CT molecular complexity index is 493. The zero-order valence-corrected chi connectivity index (χ0v) is 13.7. The summed E-state index contributed by atoms with van der Waals surface area (Å²) in [4.78, 5) is 19.6. The minimum Gasteiger partial charge on any atom is -0.310 e. The molecule has 0 amide bonds. The fraction of sp³-hybridized carbons (Fsp3) is 0.714. The highest BCUT2D eigenvalue weighted by molar-refractivity contribution is 8.06. The Hall–Kier alpha value is -0.420. The van der Waals surface area contributed by atoms with E-state index < -0.39 is 0 Å². The lowest BCUT2D eigenvalue weighted by molar-refractivity contribution is 0.558. The summed E-state index contributed by atoms with van der Waals surface area (Å²) < 4.78 is 0. The van der Waals surface area contributed by atoms with Crippen LogP contribution in [-0.4, -0.2) is 26.7 Å². The Morgan fingerprint density at radius 1 is 1.37 bits per heavy atom. The first kappa shape index (κ1) is 15.0. The van der Waals surface area contributed by atoms with Crippen molar-refractivity contribution >= 4 is 23.5 Å². The molecule has 0 aliphatic carbocycles. The van der Waals surface area contributed by atoms with Gasteiger partial charge in [0.25, 0.3) is 5.56 Å². The minimum atomic E-state index is -0.0861. The molecule has 2 unspecified atom stereocenters. The van der Waals surface area contributed by atoms with E-state index in [-0.39, 0.29) is 11.0 Å². The Kier molecular flexibility index (Phi) is 4.66. The fourth-order valence-electron chi connectivity index (χ4n) is 2.15. The summed E-state index contributed by atoms with van der Waals surface area (Å²) in [6, 6.07) is 1.63. The van der Waals surface area contributed by atoms with Crippen LogP contribution in [0.5, 0.6) is 0 Å². The summed E-state index contributed by atoms with van der Waals surface area (Å²) in [5.41, 5.74) is 0.773. The van der Waals surface area contributed by atoms with Crippen molar-refractivity contribution in [2.75, 3.05) is 11.5 Å². The first-order valence-corrected chi connectivity index (χ1v) is 8.86. The van der Waals surface area contributed by atoms with E-state index in [1.54, 1.807) is 6.07 Å². The van der Waals surface area contributed by atoms with Crippen molar-refractivity contribution in [2.24, 2.45) is 0 Å². The lowest BCUT2D eigenvalue weighted by Crippen LogP contribution is -2.26. The lowest BCUT2D eigenvalue weighted by atomic mass is 9.92. The number of H-pyrrole nitrogens is 1. The van der Waals surface area contributed by atoms with E-state index in [0.29, 0.717) is 10.5 Å². The quantitative estimate of drug-likeness (QED) is 0.909. The molecule has 1 aromatic rings. The molecular formula is C14H22N2OS2. The van der Waals surface area contributed by atoms with Gasteiger partial charge >= 0.3 is 0 Å². The van der Waals surface area contributed by atoms with Crippen LogP contribution in [0.4, 0.5) is 0 Å². The lowest BCUT2D eigenvalue weighted by Gasteiger charge is -2.29. The van der Waals surface area contributed by atoms with Gasteiger partial charge in [0.2, 0.25) is 0 Å². The number of hydrogen-bond acceptors (Lipinski definition) is 4. The minimum absolute atomic E-state index is 0.0269. The molecule has 106 valence electrons. The summed E-state index contributed by atoms with van der Waals surface area (Å²) in [7, 11) is 0. The van der Waals surface area contributed by atoms with Gasteiger partial charge in [-0.25, -0.2) is 4.98 Å². The molecule has 3 nitrogen and oxygen atoms in total. The molecule has 1 aliphatic heterocycles. The summed E-state index contributed by atoms with van der Waals surface area (Å²) in [5, 5.41) is 0.871. The molecule has 1 fully saturated rings. The van der Waals surface area contributed by atoms with Gasteiger partial charge in [-0.1, -0.05) is 27.7 Å². The Labute approximate surface area is 123 Å². The van der Waals surface area contributed by atoms with Crippen molar-refractivity contribution in [3.8, 4) is 0 Å². The first-order chi connectivity index (χ1) is 8.91. The van der Waals surface area contributed by atoms with Crippen molar-refractivity contribution in [3.05, 3.63) is 27.9 Å². The van der Waals surface area contributed by atoms with E-state index >= 15 is 0 Å². The maximum atomic E-state index is 11.9. The number of rotatable bonds is 2. The van der Waals surface area contributed by atoms with Gasteiger partial charge in [-0.15, -0.1) is 11.8 Å². The van der Waals surface area contributed by atoms with Gasteiger partial charge in [-0.3, -0.25) is 4.79 Å². The van der Waals surface area contributed by atoms with Crippen LogP contribution in [0.1, 0.15) is 50.9 Å². The fourth-order valence-corrected chi connectivity index (χ4v) is 5.17. The van der Waals surface area contributed by atoms with Crippen molar-refractivity contribution in [1.29, 1.82) is 0 Å². The van der Waals surface area contributed by atoms with Crippen LogP contribution in [0.2, 0.25) is 0 Å². The van der Waals surface area contributed by atoms with E-state index in [2.05, 4.69) is 32.7 Å². The molecule has 1 saturated heterocycles. The van der Waals surface area contributed by atoms with Gasteiger partial charge in [-0.05, 0) is 6.42 Å². The van der Waals surface area contributed by atoms with Crippen LogP contribution < -0.4 is 5.56 Å². The molecule has 5 heteroatoms. The molecule has 0 aromatic carbocycles. The highest BCUT2D eigenvalue weighted by atomic mass is 32.2. The van der Waals surface area contributed by atoms with Gasteiger partial charge in [0.1, 0.15) is 5.82 Å². The average molecular weight is 298 g/mol. The van der Waals surface area contributed by atoms with E-state index in [9.17, 15) is 4.79 Å². The largest absolute Gasteiger partial charge is 0.310 e. The second kappa shape index (κ2) is 5.92. The predicted molar refractivity (Wildman–Crippen MR) is 85.3 cm³/mol. The topological polar surface area (TPSA) is 45.8 Å². The highest BCUT2D eigenvalue weighted by Crippen LogP contribution is 2.42. The average Bonchev–Trinajstić information content (AvgIpc) is 2.37. The van der Waals surface area contributed by atoms with Crippen molar-refractivity contribution in [1.82, 2.24) is 9.97 Å². The molecule has 2 atom stereocenters. The Balaban J connectivity index is 2.38. The number of nitrogens with one attached hydrogen (secondary N) is 1. The molecular weight excluding hydrogens is 276 g/mol. The van der Waals surface area contributed by atoms with Gasteiger partial charge in [0, 0.05) is 28.2 Å². The zero-order valence-electron chi connectivity index (χ0n) is 12.0. The molecule has 1 aromatic heterocycles. The standard InChI is InChI=1S/C14H22N2OS2/c1-5-9-12(19-7-6-18-9)13-15-10(14(2,3)4)8-11(17)16-13/h8-9,12H,5-7H2,1-4H3,(H,15,16,17). The monoisotopic (exact) mass is 298 g/mol. The number of nitrogens with zero attached hydrogens (tertiary/aromatic N) is 1. The van der Waals surface area contributed by atoms with Crippen molar-refractivity contribution < 1.29 is 0 Å². The van der Waals surface area contributed by atoms with Crippen LogP contribution >= 0.6 is 23.5 Å². The van der Waals surface area contributed by atoms with Gasteiger partial charge in [0.15, 0.2) is 0 Å². The second-order valence-corrected chi connectivity index (χ2v) is 8.47. The van der Waals surface area contributed by atoms with Gasteiger partial charge in [-0.2, -0.15) is 11.8 Å². The van der Waals surface area contributed by atoms with Crippen LogP contribution in [-0.2, 0) is 5.41 Å². The van der Waals surface area contributed by atoms with E-state index in [1.807, 2.05) is 23.5 Å². The zero-order chi connectivity index (χ0) is 14.0. The highest BCUT2D eigenvalue weighted by Gasteiger charge is 2.29. The SMILES string of the molecule is CCC1SCCSC1c1nc(C(C)(C)C)cc(=O)[nH]1. The van der Waals surface area contributed by atoms with Gasteiger partial charge in [0.05, 0.1) is 10.9 Å². The Morgan fingerprint density at radius 3 is 2.68 bits per heavy atom. The molecule has 0 saturated carbocycles. The molecule has 0 radical (unpaired) electrons. The van der Waals surface area contributed by atoms with Crippen molar-refractivity contribution in [2.45, 2.75) is 50.0 Å². The Morgan fingerprint density at radius 2 is 2.05 bits per heavy atom. The molecule has 2 rings (SSSR count).